The molecule has 0 aliphatic rings. The topological polar surface area (TPSA) is 195 Å². The Morgan fingerprint density at radius 1 is 0.696 bits per heavy atom. The van der Waals surface area contributed by atoms with Gasteiger partial charge in [0.1, 0.15) is 18.1 Å². The van der Waals surface area contributed by atoms with E-state index < -0.39 is 41.8 Å². The summed E-state index contributed by atoms with van der Waals surface area (Å²) >= 11 is 0. The maximum absolute atomic E-state index is 13.6. The van der Waals surface area contributed by atoms with Gasteiger partial charge in [0.15, 0.2) is 5.96 Å². The van der Waals surface area contributed by atoms with Crippen molar-refractivity contribution in [1.82, 2.24) is 16.0 Å². The fourth-order valence-corrected chi connectivity index (χ4v) is 5.29. The number of carbonyl (C=O) groups excluding carboxylic acids is 4. The second-order valence-corrected chi connectivity index (χ2v) is 11.0. The molecule has 0 aliphatic carbocycles. The number of rotatable bonds is 14. The molecule has 11 nitrogen and oxygen atoms in total. The summed E-state index contributed by atoms with van der Waals surface area (Å²) in [6.45, 7) is 1.55. The Bertz CT molecular complexity index is 1720. The Balaban J connectivity index is 0.00000576. The standard InChI is InChI=1S/C34H39N7O4.ClH/c1-21(42)39-30(20-26-12-6-11-24-9-4-5-13-27(24)26)33(45)40-28(14-7-17-38-34(36)37)32(44)41-29(31(35)43)19-22-15-16-23-8-2-3-10-25(23)18-22;/h2-6,8-13,15-16,18,28-30H,7,14,17,19-20H2,1H3,(H2,35,43)(H,39,42)(H,40,45)(H,41,44)(H4,36,37,38);1H/t28-,29+,30+;/m0./s1. The summed E-state index contributed by atoms with van der Waals surface area (Å²) in [6, 6.07) is 24.0. The molecule has 0 unspecified atom stereocenters. The van der Waals surface area contributed by atoms with Crippen LogP contribution >= 0.6 is 12.4 Å². The Morgan fingerprint density at radius 3 is 2.02 bits per heavy atom. The number of benzene rings is 4. The molecule has 4 aromatic carbocycles. The molecule has 4 rings (SSSR count). The van der Waals surface area contributed by atoms with Crippen LogP contribution in [0.25, 0.3) is 21.5 Å². The quantitative estimate of drug-likeness (QED) is 0.0691. The van der Waals surface area contributed by atoms with Gasteiger partial charge in [-0.05, 0) is 45.5 Å². The molecule has 0 saturated heterocycles. The summed E-state index contributed by atoms with van der Waals surface area (Å²) in [6.07, 6.45) is 0.879. The molecule has 12 heteroatoms. The van der Waals surface area contributed by atoms with Gasteiger partial charge in [-0.1, -0.05) is 84.9 Å². The summed E-state index contributed by atoms with van der Waals surface area (Å²) < 4.78 is 0. The molecule has 46 heavy (non-hydrogen) atoms. The Labute approximate surface area is 273 Å². The highest BCUT2D eigenvalue weighted by atomic mass is 35.5. The molecule has 0 heterocycles. The fourth-order valence-electron chi connectivity index (χ4n) is 5.29. The predicted molar refractivity (Wildman–Crippen MR) is 183 cm³/mol. The summed E-state index contributed by atoms with van der Waals surface area (Å²) in [5.74, 6) is -2.35. The lowest BCUT2D eigenvalue weighted by atomic mass is 9.98. The van der Waals surface area contributed by atoms with Crippen LogP contribution in [0.1, 0.15) is 30.9 Å². The number of carbonyl (C=O) groups is 4. The summed E-state index contributed by atoms with van der Waals surface area (Å²) in [4.78, 5) is 55.8. The molecule has 0 spiro atoms. The van der Waals surface area contributed by atoms with E-state index in [2.05, 4.69) is 20.9 Å². The molecule has 242 valence electrons. The van der Waals surface area contributed by atoms with Crippen LogP contribution in [0.3, 0.4) is 0 Å². The van der Waals surface area contributed by atoms with Gasteiger partial charge >= 0.3 is 0 Å². The van der Waals surface area contributed by atoms with Crippen molar-refractivity contribution in [1.29, 1.82) is 0 Å². The smallest absolute Gasteiger partial charge is 0.243 e. The van der Waals surface area contributed by atoms with Crippen LogP contribution in [0.4, 0.5) is 0 Å². The van der Waals surface area contributed by atoms with Crippen molar-refractivity contribution in [2.45, 2.75) is 50.7 Å². The van der Waals surface area contributed by atoms with Crippen LogP contribution in [-0.2, 0) is 32.0 Å². The monoisotopic (exact) mass is 645 g/mol. The lowest BCUT2D eigenvalue weighted by molar-refractivity contribution is -0.133. The normalized spacial score (nSPS) is 12.6. The number of nitrogens with one attached hydrogen (secondary N) is 3. The Kier molecular flexibility index (Phi) is 12.9. The highest BCUT2D eigenvalue weighted by Crippen LogP contribution is 2.20. The van der Waals surface area contributed by atoms with E-state index in [1.165, 1.54) is 6.92 Å². The molecular weight excluding hydrogens is 606 g/mol. The van der Waals surface area contributed by atoms with Crippen molar-refractivity contribution >= 4 is 63.5 Å². The lowest BCUT2D eigenvalue weighted by Gasteiger charge is -2.25. The molecule has 3 atom stereocenters. The van der Waals surface area contributed by atoms with Gasteiger partial charge in [-0.3, -0.25) is 24.2 Å². The third-order valence-corrected chi connectivity index (χ3v) is 7.49. The van der Waals surface area contributed by atoms with Crippen LogP contribution in [-0.4, -0.2) is 54.3 Å². The molecule has 4 aromatic rings. The molecule has 0 saturated carbocycles. The summed E-state index contributed by atoms with van der Waals surface area (Å²) in [5.41, 5.74) is 18.3. The second-order valence-electron chi connectivity index (χ2n) is 11.0. The van der Waals surface area contributed by atoms with Crippen molar-refractivity contribution in [2.24, 2.45) is 22.2 Å². The average Bonchev–Trinajstić information content (AvgIpc) is 3.01. The van der Waals surface area contributed by atoms with Gasteiger partial charge in [0.25, 0.3) is 0 Å². The van der Waals surface area contributed by atoms with Crippen molar-refractivity contribution < 1.29 is 19.2 Å². The number of hydrogen-bond donors (Lipinski definition) is 6. The number of halogens is 1. The number of nitrogens with zero attached hydrogens (tertiary/aromatic N) is 1. The first-order valence-electron chi connectivity index (χ1n) is 14.8. The second kappa shape index (κ2) is 16.8. The first kappa shape index (κ1) is 35.3. The zero-order chi connectivity index (χ0) is 32.3. The Morgan fingerprint density at radius 2 is 1.33 bits per heavy atom. The first-order valence-corrected chi connectivity index (χ1v) is 14.8. The number of guanidine groups is 1. The van der Waals surface area contributed by atoms with Crippen LogP contribution in [0.5, 0.6) is 0 Å². The van der Waals surface area contributed by atoms with Crippen molar-refractivity contribution in [3.05, 3.63) is 96.1 Å². The van der Waals surface area contributed by atoms with Crippen LogP contribution in [0, 0.1) is 0 Å². The Hall–Kier alpha value is -5.16. The number of fused-ring (bicyclic) bond motifs is 2. The van der Waals surface area contributed by atoms with Crippen molar-refractivity contribution in [3.8, 4) is 0 Å². The predicted octanol–water partition coefficient (Wildman–Crippen LogP) is 2.21. The van der Waals surface area contributed by atoms with Gasteiger partial charge in [0, 0.05) is 26.3 Å². The zero-order valence-corrected chi connectivity index (χ0v) is 26.4. The summed E-state index contributed by atoms with van der Waals surface area (Å²) in [7, 11) is 0. The molecule has 0 radical (unpaired) electrons. The highest BCUT2D eigenvalue weighted by molar-refractivity contribution is 5.95. The van der Waals surface area contributed by atoms with E-state index >= 15 is 0 Å². The molecule has 0 bridgehead atoms. The molecule has 9 N–H and O–H groups in total. The average molecular weight is 646 g/mol. The van der Waals surface area contributed by atoms with Gasteiger partial charge in [0.2, 0.25) is 23.6 Å². The molecule has 0 fully saturated rings. The first-order chi connectivity index (χ1) is 21.6. The van der Waals surface area contributed by atoms with Crippen LogP contribution < -0.4 is 33.2 Å². The van der Waals surface area contributed by atoms with E-state index in [0.717, 1.165) is 32.7 Å². The van der Waals surface area contributed by atoms with Gasteiger partial charge in [0.05, 0.1) is 0 Å². The van der Waals surface area contributed by atoms with Gasteiger partial charge in [-0.15, -0.1) is 12.4 Å². The maximum atomic E-state index is 13.6. The summed E-state index contributed by atoms with van der Waals surface area (Å²) in [5, 5.41) is 12.2. The van der Waals surface area contributed by atoms with Crippen molar-refractivity contribution in [2.75, 3.05) is 6.54 Å². The van der Waals surface area contributed by atoms with E-state index in [1.807, 2.05) is 84.9 Å². The van der Waals surface area contributed by atoms with E-state index in [-0.39, 0.29) is 44.2 Å². The third kappa shape index (κ3) is 9.93. The van der Waals surface area contributed by atoms with E-state index in [4.69, 9.17) is 17.2 Å². The number of hydrogen-bond acceptors (Lipinski definition) is 5. The highest BCUT2D eigenvalue weighted by Gasteiger charge is 2.29. The SMILES string of the molecule is CC(=O)N[C@H](Cc1cccc2ccccc12)C(=O)N[C@@H](CCCN=C(N)N)C(=O)N[C@H](Cc1ccc2ccccc2c1)C(N)=O.Cl. The minimum Gasteiger partial charge on any atom is -0.370 e. The fraction of sp³-hybridized carbons (Fsp3) is 0.265. The van der Waals surface area contributed by atoms with E-state index in [9.17, 15) is 19.2 Å². The lowest BCUT2D eigenvalue weighted by Crippen LogP contribution is -2.57. The zero-order valence-electron chi connectivity index (χ0n) is 25.6. The van der Waals surface area contributed by atoms with Crippen molar-refractivity contribution in [3.63, 3.8) is 0 Å². The number of primary amides is 1. The van der Waals surface area contributed by atoms with Gasteiger partial charge in [-0.25, -0.2) is 0 Å². The van der Waals surface area contributed by atoms with Gasteiger partial charge in [-0.2, -0.15) is 0 Å². The van der Waals surface area contributed by atoms with Crippen LogP contribution in [0.2, 0.25) is 0 Å². The molecule has 0 aromatic heterocycles. The minimum absolute atomic E-state index is 0. The van der Waals surface area contributed by atoms with Crippen LogP contribution in [0.15, 0.2) is 89.9 Å². The molecular formula is C34H40ClN7O4. The largest absolute Gasteiger partial charge is 0.370 e. The number of amides is 4. The van der Waals surface area contributed by atoms with Gasteiger partial charge < -0.3 is 33.2 Å². The van der Waals surface area contributed by atoms with E-state index in [0.29, 0.717) is 6.42 Å². The maximum Gasteiger partial charge on any atom is 0.243 e. The number of aliphatic imine (C=N–C) groups is 1. The third-order valence-electron chi connectivity index (χ3n) is 7.49. The number of nitrogens with two attached hydrogens (primary N) is 3. The van der Waals surface area contributed by atoms with E-state index in [1.54, 1.807) is 0 Å². The molecule has 4 amide bonds. The molecule has 0 aliphatic heterocycles. The minimum atomic E-state index is -1.06.